The first-order chi connectivity index (χ1) is 14.6. The predicted molar refractivity (Wildman–Crippen MR) is 109 cm³/mol. The number of ether oxygens (including phenoxy) is 2. The van der Waals surface area contributed by atoms with E-state index in [9.17, 15) is 9.59 Å². The van der Waals surface area contributed by atoms with E-state index in [1.807, 2.05) is 24.3 Å². The van der Waals surface area contributed by atoms with E-state index in [4.69, 9.17) is 14.0 Å². The quantitative estimate of drug-likeness (QED) is 0.679. The number of amides is 2. The number of carbonyl (C=O) groups is 2. The van der Waals surface area contributed by atoms with Crippen molar-refractivity contribution >= 4 is 11.8 Å². The molecule has 8 nitrogen and oxygen atoms in total. The summed E-state index contributed by atoms with van der Waals surface area (Å²) >= 11 is 0. The fourth-order valence-electron chi connectivity index (χ4n) is 3.52. The summed E-state index contributed by atoms with van der Waals surface area (Å²) in [5.74, 6) is 0.890. The number of hydrogen-bond donors (Lipinski definition) is 1. The average molecular weight is 413 g/mol. The van der Waals surface area contributed by atoms with Crippen LogP contribution in [0, 0.1) is 0 Å². The Morgan fingerprint density at radius 1 is 1.27 bits per heavy atom. The smallest absolute Gasteiger partial charge is 0.276 e. The monoisotopic (exact) mass is 413 g/mol. The van der Waals surface area contributed by atoms with Gasteiger partial charge in [-0.05, 0) is 37.8 Å². The summed E-state index contributed by atoms with van der Waals surface area (Å²) in [7, 11) is 1.59. The molecule has 1 saturated heterocycles. The SMILES string of the molecule is COc1cccc(-c2cc(C(=O)N(CCC(=O)NC3CC3)CC3CCCO3)no2)c1. The molecule has 160 valence electrons. The number of nitrogens with one attached hydrogen (secondary N) is 1. The molecule has 1 aliphatic heterocycles. The molecule has 1 saturated carbocycles. The summed E-state index contributed by atoms with van der Waals surface area (Å²) < 4.78 is 16.4. The molecule has 0 spiro atoms. The Morgan fingerprint density at radius 3 is 2.87 bits per heavy atom. The Balaban J connectivity index is 1.45. The molecule has 2 heterocycles. The Bertz CT molecular complexity index is 886. The number of nitrogens with zero attached hydrogens (tertiary/aromatic N) is 2. The molecule has 4 rings (SSSR count). The van der Waals surface area contributed by atoms with Gasteiger partial charge in [-0.3, -0.25) is 9.59 Å². The summed E-state index contributed by atoms with van der Waals surface area (Å²) in [6.07, 6.45) is 4.22. The lowest BCUT2D eigenvalue weighted by molar-refractivity contribution is -0.121. The topological polar surface area (TPSA) is 93.9 Å². The summed E-state index contributed by atoms with van der Waals surface area (Å²) in [5, 5.41) is 6.94. The van der Waals surface area contributed by atoms with Gasteiger partial charge < -0.3 is 24.2 Å². The fraction of sp³-hybridized carbons (Fsp3) is 0.500. The molecule has 1 aliphatic carbocycles. The van der Waals surface area contributed by atoms with Crippen LogP contribution in [0.15, 0.2) is 34.9 Å². The average Bonchev–Trinajstić information content (AvgIpc) is 3.22. The van der Waals surface area contributed by atoms with Crippen LogP contribution in [0.25, 0.3) is 11.3 Å². The third-order valence-electron chi connectivity index (χ3n) is 5.37. The molecular weight excluding hydrogens is 386 g/mol. The van der Waals surface area contributed by atoms with E-state index in [2.05, 4.69) is 10.5 Å². The fourth-order valence-corrected chi connectivity index (χ4v) is 3.52. The maximum absolute atomic E-state index is 13.1. The Morgan fingerprint density at radius 2 is 2.13 bits per heavy atom. The minimum Gasteiger partial charge on any atom is -0.497 e. The predicted octanol–water partition coefficient (Wildman–Crippen LogP) is 2.64. The van der Waals surface area contributed by atoms with Crippen LogP contribution in [0.2, 0.25) is 0 Å². The lowest BCUT2D eigenvalue weighted by atomic mass is 10.1. The van der Waals surface area contributed by atoms with Crippen molar-refractivity contribution in [3.63, 3.8) is 0 Å². The maximum atomic E-state index is 13.1. The van der Waals surface area contributed by atoms with Gasteiger partial charge in [-0.15, -0.1) is 0 Å². The van der Waals surface area contributed by atoms with E-state index in [1.165, 1.54) is 0 Å². The van der Waals surface area contributed by atoms with E-state index in [-0.39, 0.29) is 30.0 Å². The van der Waals surface area contributed by atoms with Gasteiger partial charge in [0.25, 0.3) is 5.91 Å². The van der Waals surface area contributed by atoms with Crippen LogP contribution in [0.5, 0.6) is 5.75 Å². The second-order valence-corrected chi connectivity index (χ2v) is 7.79. The second-order valence-electron chi connectivity index (χ2n) is 7.79. The standard InChI is InChI=1S/C22H27N3O5/c1-28-17-5-2-4-15(12-17)20-13-19(24-30-20)22(27)25(14-18-6-3-11-29-18)10-9-21(26)23-16-7-8-16/h2,4-5,12-13,16,18H,3,6-11,14H2,1H3,(H,23,26). The molecular formula is C22H27N3O5. The highest BCUT2D eigenvalue weighted by atomic mass is 16.5. The van der Waals surface area contributed by atoms with Crippen LogP contribution in [-0.2, 0) is 9.53 Å². The lowest BCUT2D eigenvalue weighted by Crippen LogP contribution is -2.40. The Labute approximate surface area is 175 Å². The largest absolute Gasteiger partial charge is 0.497 e. The van der Waals surface area contributed by atoms with E-state index >= 15 is 0 Å². The van der Waals surface area contributed by atoms with E-state index < -0.39 is 0 Å². The van der Waals surface area contributed by atoms with Crippen LogP contribution in [0.1, 0.15) is 42.6 Å². The van der Waals surface area contributed by atoms with Crippen LogP contribution in [-0.4, -0.2) is 60.8 Å². The van der Waals surface area contributed by atoms with Crippen molar-refractivity contribution in [3.8, 4) is 17.1 Å². The molecule has 1 unspecified atom stereocenters. The minimum atomic E-state index is -0.261. The van der Waals surface area contributed by atoms with Crippen molar-refractivity contribution < 1.29 is 23.6 Å². The van der Waals surface area contributed by atoms with Crippen molar-refractivity contribution in [3.05, 3.63) is 36.0 Å². The zero-order valence-corrected chi connectivity index (χ0v) is 17.1. The number of benzene rings is 1. The van der Waals surface area contributed by atoms with Gasteiger partial charge in [0.15, 0.2) is 11.5 Å². The van der Waals surface area contributed by atoms with E-state index in [1.54, 1.807) is 18.1 Å². The van der Waals surface area contributed by atoms with Gasteiger partial charge in [0.05, 0.1) is 13.2 Å². The highest BCUT2D eigenvalue weighted by Crippen LogP contribution is 2.25. The minimum absolute atomic E-state index is 0.00907. The number of rotatable bonds is 9. The molecule has 2 aromatic rings. The highest BCUT2D eigenvalue weighted by molar-refractivity contribution is 5.93. The Hall–Kier alpha value is -2.87. The van der Waals surface area contributed by atoms with Crippen molar-refractivity contribution in [2.45, 2.75) is 44.2 Å². The highest BCUT2D eigenvalue weighted by Gasteiger charge is 2.27. The number of aromatic nitrogens is 1. The third kappa shape index (κ3) is 5.18. The van der Waals surface area contributed by atoms with Crippen molar-refractivity contribution in [1.82, 2.24) is 15.4 Å². The maximum Gasteiger partial charge on any atom is 0.276 e. The number of methoxy groups -OCH3 is 1. The third-order valence-corrected chi connectivity index (χ3v) is 5.37. The van der Waals surface area contributed by atoms with Crippen molar-refractivity contribution in [1.29, 1.82) is 0 Å². The van der Waals surface area contributed by atoms with Gasteiger partial charge in [-0.25, -0.2) is 0 Å². The van der Waals surface area contributed by atoms with Gasteiger partial charge in [0.2, 0.25) is 5.91 Å². The zero-order chi connectivity index (χ0) is 20.9. The normalized spacial score (nSPS) is 18.2. The number of hydrogen-bond acceptors (Lipinski definition) is 6. The molecule has 2 amide bonds. The molecule has 0 bridgehead atoms. The first-order valence-electron chi connectivity index (χ1n) is 10.4. The summed E-state index contributed by atoms with van der Waals surface area (Å²) in [5.41, 5.74) is 0.990. The van der Waals surface area contributed by atoms with Gasteiger partial charge in [0.1, 0.15) is 5.75 Å². The van der Waals surface area contributed by atoms with Gasteiger partial charge in [0, 0.05) is 43.8 Å². The van der Waals surface area contributed by atoms with E-state index in [0.29, 0.717) is 37.2 Å². The van der Waals surface area contributed by atoms with Crippen molar-refractivity contribution in [2.75, 3.05) is 26.8 Å². The van der Waals surface area contributed by atoms with E-state index in [0.717, 1.165) is 31.2 Å². The van der Waals surface area contributed by atoms with Gasteiger partial charge in [-0.1, -0.05) is 17.3 Å². The molecule has 1 aromatic heterocycles. The number of carbonyl (C=O) groups excluding carboxylic acids is 2. The first-order valence-corrected chi connectivity index (χ1v) is 10.4. The van der Waals surface area contributed by atoms with Crippen LogP contribution in [0.4, 0.5) is 0 Å². The van der Waals surface area contributed by atoms with Crippen molar-refractivity contribution in [2.24, 2.45) is 0 Å². The van der Waals surface area contributed by atoms with Gasteiger partial charge >= 0.3 is 0 Å². The lowest BCUT2D eigenvalue weighted by Gasteiger charge is -2.24. The summed E-state index contributed by atoms with van der Waals surface area (Å²) in [4.78, 5) is 26.9. The molecule has 1 aromatic carbocycles. The van der Waals surface area contributed by atoms with Crippen LogP contribution in [0.3, 0.4) is 0 Å². The van der Waals surface area contributed by atoms with Crippen LogP contribution < -0.4 is 10.1 Å². The van der Waals surface area contributed by atoms with Gasteiger partial charge in [-0.2, -0.15) is 0 Å². The molecule has 1 atom stereocenters. The Kier molecular flexibility index (Phi) is 6.32. The summed E-state index contributed by atoms with van der Waals surface area (Å²) in [6, 6.07) is 9.30. The molecule has 8 heteroatoms. The summed E-state index contributed by atoms with van der Waals surface area (Å²) in [6.45, 7) is 1.47. The second kappa shape index (κ2) is 9.30. The molecule has 2 fully saturated rings. The molecule has 1 N–H and O–H groups in total. The molecule has 30 heavy (non-hydrogen) atoms. The van der Waals surface area contributed by atoms with Crippen LogP contribution >= 0.6 is 0 Å². The molecule has 2 aliphatic rings. The first kappa shape index (κ1) is 20.4. The zero-order valence-electron chi connectivity index (χ0n) is 17.1. The molecule has 0 radical (unpaired) electrons.